The number of benzene rings is 1. The molecule has 64 valence electrons. The first-order chi connectivity index (χ1) is 5.74. The molecular weight excluding hydrogens is 156 g/mol. The molecule has 0 bridgehead atoms. The molecule has 12 heavy (non-hydrogen) atoms. The smallest absolute Gasteiger partial charge is 0.293 e. The van der Waals surface area contributed by atoms with E-state index in [0.29, 0.717) is 5.56 Å². The second-order valence-corrected chi connectivity index (χ2v) is 2.41. The Morgan fingerprint density at radius 3 is 2.75 bits per heavy atom. The van der Waals surface area contributed by atoms with Crippen LogP contribution in [0.25, 0.3) is 0 Å². The van der Waals surface area contributed by atoms with Crippen molar-refractivity contribution >= 4 is 5.97 Å². The fraction of sp³-hybridized carbons (Fsp3) is 0.222. The summed E-state index contributed by atoms with van der Waals surface area (Å²) in [6.45, 7) is 1.91. The van der Waals surface area contributed by atoms with Gasteiger partial charge >= 0.3 is 5.97 Å². The van der Waals surface area contributed by atoms with Crippen LogP contribution in [0.2, 0.25) is 0 Å². The molecule has 0 atom stereocenters. The molecule has 0 saturated heterocycles. The highest BCUT2D eigenvalue weighted by molar-refractivity contribution is 5.89. The Labute approximate surface area is 70.8 Å². The van der Waals surface area contributed by atoms with Gasteiger partial charge in [0, 0.05) is 0 Å². The normalized spacial score (nSPS) is 9.50. The van der Waals surface area contributed by atoms with Crippen LogP contribution >= 0.6 is 0 Å². The highest BCUT2D eigenvalue weighted by atomic mass is 17.2. The average Bonchev–Trinajstić information content (AvgIpc) is 2.05. The van der Waals surface area contributed by atoms with E-state index in [4.69, 9.17) is 0 Å². The molecule has 1 aromatic rings. The molecule has 0 unspecified atom stereocenters. The number of carbonyl (C=O) groups is 1. The molecule has 0 aliphatic rings. The van der Waals surface area contributed by atoms with E-state index in [2.05, 4.69) is 9.78 Å². The first kappa shape index (κ1) is 8.74. The third-order valence-electron chi connectivity index (χ3n) is 1.41. The summed E-state index contributed by atoms with van der Waals surface area (Å²) in [5.41, 5.74) is 1.51. The molecule has 0 aliphatic carbocycles. The predicted octanol–water partition coefficient (Wildman–Crippen LogP) is 1.71. The standard InChI is InChI=1S/C9H10O3/c1-7-4-3-5-8(6-7)9(10)12-11-2/h3-6H,1-2H3. The zero-order chi connectivity index (χ0) is 8.97. The van der Waals surface area contributed by atoms with Crippen LogP contribution in [-0.4, -0.2) is 13.1 Å². The number of rotatable bonds is 2. The van der Waals surface area contributed by atoms with Gasteiger partial charge in [-0.1, -0.05) is 17.7 Å². The Balaban J connectivity index is 2.81. The minimum atomic E-state index is -0.471. The van der Waals surface area contributed by atoms with Crippen LogP contribution in [0.5, 0.6) is 0 Å². The van der Waals surface area contributed by atoms with Crippen LogP contribution in [0.1, 0.15) is 15.9 Å². The maximum atomic E-state index is 11.0. The second kappa shape index (κ2) is 3.88. The number of hydrogen-bond donors (Lipinski definition) is 0. The van der Waals surface area contributed by atoms with E-state index in [1.807, 2.05) is 13.0 Å². The van der Waals surface area contributed by atoms with Crippen molar-refractivity contribution in [3.05, 3.63) is 35.4 Å². The average molecular weight is 166 g/mol. The SMILES string of the molecule is COOC(=O)c1cccc(C)c1. The van der Waals surface area contributed by atoms with E-state index < -0.39 is 5.97 Å². The molecule has 0 radical (unpaired) electrons. The van der Waals surface area contributed by atoms with Gasteiger partial charge in [-0.3, -0.25) is 4.89 Å². The molecule has 0 spiro atoms. The lowest BCUT2D eigenvalue weighted by Gasteiger charge is -1.99. The van der Waals surface area contributed by atoms with Gasteiger partial charge in [0.2, 0.25) is 0 Å². The summed E-state index contributed by atoms with van der Waals surface area (Å²) in [4.78, 5) is 19.6. The summed E-state index contributed by atoms with van der Waals surface area (Å²) >= 11 is 0. The molecule has 0 saturated carbocycles. The third-order valence-corrected chi connectivity index (χ3v) is 1.41. The van der Waals surface area contributed by atoms with E-state index in [1.165, 1.54) is 7.11 Å². The lowest BCUT2D eigenvalue weighted by molar-refractivity contribution is -0.216. The maximum Gasteiger partial charge on any atom is 0.373 e. The minimum absolute atomic E-state index is 0.471. The van der Waals surface area contributed by atoms with Gasteiger partial charge in [0.25, 0.3) is 0 Å². The molecular formula is C9H10O3. The zero-order valence-corrected chi connectivity index (χ0v) is 7.03. The third kappa shape index (κ3) is 2.07. The predicted molar refractivity (Wildman–Crippen MR) is 43.6 cm³/mol. The summed E-state index contributed by atoms with van der Waals surface area (Å²) in [5.74, 6) is -0.471. The van der Waals surface area contributed by atoms with Crippen molar-refractivity contribution in [2.75, 3.05) is 7.11 Å². The van der Waals surface area contributed by atoms with E-state index in [0.717, 1.165) is 5.56 Å². The second-order valence-electron chi connectivity index (χ2n) is 2.41. The van der Waals surface area contributed by atoms with Crippen molar-refractivity contribution in [1.29, 1.82) is 0 Å². The molecule has 0 aromatic heterocycles. The van der Waals surface area contributed by atoms with Crippen molar-refractivity contribution in [2.24, 2.45) is 0 Å². The van der Waals surface area contributed by atoms with Gasteiger partial charge < -0.3 is 0 Å². The first-order valence-electron chi connectivity index (χ1n) is 3.55. The zero-order valence-electron chi connectivity index (χ0n) is 7.03. The van der Waals surface area contributed by atoms with Crippen molar-refractivity contribution in [3.8, 4) is 0 Å². The Morgan fingerprint density at radius 2 is 2.17 bits per heavy atom. The monoisotopic (exact) mass is 166 g/mol. The lowest BCUT2D eigenvalue weighted by Crippen LogP contribution is -2.03. The lowest BCUT2D eigenvalue weighted by atomic mass is 10.1. The van der Waals surface area contributed by atoms with Gasteiger partial charge in [-0.2, -0.15) is 4.89 Å². The summed E-state index contributed by atoms with van der Waals surface area (Å²) in [7, 11) is 1.30. The first-order valence-corrected chi connectivity index (χ1v) is 3.55. The number of aryl methyl sites for hydroxylation is 1. The van der Waals surface area contributed by atoms with Gasteiger partial charge in [0.1, 0.15) is 0 Å². The van der Waals surface area contributed by atoms with Crippen LogP contribution in [-0.2, 0) is 9.78 Å². The summed E-state index contributed by atoms with van der Waals surface area (Å²) in [5, 5.41) is 0. The summed E-state index contributed by atoms with van der Waals surface area (Å²) in [6, 6.07) is 7.11. The minimum Gasteiger partial charge on any atom is -0.293 e. The molecule has 1 rings (SSSR count). The van der Waals surface area contributed by atoms with E-state index in [1.54, 1.807) is 18.2 Å². The Morgan fingerprint density at radius 1 is 1.42 bits per heavy atom. The number of hydrogen-bond acceptors (Lipinski definition) is 3. The van der Waals surface area contributed by atoms with E-state index in [-0.39, 0.29) is 0 Å². The molecule has 0 amide bonds. The van der Waals surface area contributed by atoms with Crippen LogP contribution in [0, 0.1) is 6.92 Å². The van der Waals surface area contributed by atoms with Crippen molar-refractivity contribution in [1.82, 2.24) is 0 Å². The van der Waals surface area contributed by atoms with Crippen LogP contribution < -0.4 is 0 Å². The summed E-state index contributed by atoms with van der Waals surface area (Å²) in [6.07, 6.45) is 0. The van der Waals surface area contributed by atoms with Crippen molar-refractivity contribution < 1.29 is 14.6 Å². The molecule has 0 aliphatic heterocycles. The van der Waals surface area contributed by atoms with Gasteiger partial charge in [-0.15, -0.1) is 0 Å². The Bertz CT molecular complexity index is 281. The molecule has 0 fully saturated rings. The van der Waals surface area contributed by atoms with E-state index in [9.17, 15) is 4.79 Å². The number of carbonyl (C=O) groups excluding carboxylic acids is 1. The van der Waals surface area contributed by atoms with Crippen molar-refractivity contribution in [2.45, 2.75) is 6.92 Å². The van der Waals surface area contributed by atoms with Gasteiger partial charge in [0.05, 0.1) is 12.7 Å². The van der Waals surface area contributed by atoms with Gasteiger partial charge in [-0.25, -0.2) is 4.79 Å². The fourth-order valence-electron chi connectivity index (χ4n) is 0.896. The molecule has 3 nitrogen and oxygen atoms in total. The maximum absolute atomic E-state index is 11.0. The van der Waals surface area contributed by atoms with Gasteiger partial charge in [0.15, 0.2) is 0 Å². The molecule has 3 heteroatoms. The highest BCUT2D eigenvalue weighted by Gasteiger charge is 2.06. The molecule has 0 N–H and O–H groups in total. The largest absolute Gasteiger partial charge is 0.373 e. The Hall–Kier alpha value is -1.35. The topological polar surface area (TPSA) is 35.5 Å². The van der Waals surface area contributed by atoms with Crippen molar-refractivity contribution in [3.63, 3.8) is 0 Å². The fourth-order valence-corrected chi connectivity index (χ4v) is 0.896. The van der Waals surface area contributed by atoms with Crippen LogP contribution in [0.4, 0.5) is 0 Å². The van der Waals surface area contributed by atoms with Crippen LogP contribution in [0.3, 0.4) is 0 Å². The highest BCUT2D eigenvalue weighted by Crippen LogP contribution is 2.05. The summed E-state index contributed by atoms with van der Waals surface area (Å²) < 4.78 is 0. The van der Waals surface area contributed by atoms with E-state index >= 15 is 0 Å². The van der Waals surface area contributed by atoms with Gasteiger partial charge in [-0.05, 0) is 19.1 Å². The Kier molecular flexibility index (Phi) is 2.82. The van der Waals surface area contributed by atoms with Crippen LogP contribution in [0.15, 0.2) is 24.3 Å². The molecule has 0 heterocycles. The molecule has 1 aromatic carbocycles. The quantitative estimate of drug-likeness (QED) is 0.495.